The second kappa shape index (κ2) is 5.92. The van der Waals surface area contributed by atoms with E-state index in [1.54, 1.807) is 26.0 Å². The molecule has 1 amide bonds. The van der Waals surface area contributed by atoms with Crippen LogP contribution in [0.4, 0.5) is 11.4 Å². The van der Waals surface area contributed by atoms with Crippen molar-refractivity contribution in [2.24, 2.45) is 0 Å². The van der Waals surface area contributed by atoms with Crippen LogP contribution in [0, 0.1) is 0 Å². The van der Waals surface area contributed by atoms with Crippen molar-refractivity contribution in [3.63, 3.8) is 0 Å². The van der Waals surface area contributed by atoms with Crippen LogP contribution in [0.25, 0.3) is 0 Å². The monoisotopic (exact) mass is 286 g/mol. The maximum atomic E-state index is 11.7. The Balaban J connectivity index is 3.04. The molecule has 0 fully saturated rings. The van der Waals surface area contributed by atoms with Crippen LogP contribution in [-0.4, -0.2) is 26.7 Å². The van der Waals surface area contributed by atoms with E-state index in [1.807, 2.05) is 0 Å². The highest BCUT2D eigenvalue weighted by Crippen LogP contribution is 2.28. The SMILES string of the molecule is COc1cc(NS(=O)(=O)C(C)C)ccc1NC(C)=O. The standard InChI is InChI=1S/C12H18N2O4S/c1-8(2)19(16,17)14-10-5-6-11(13-9(3)15)12(7-10)18-4/h5-8,14H,1-4H3,(H,13,15). The topological polar surface area (TPSA) is 84.5 Å². The molecule has 0 aliphatic carbocycles. The van der Waals surface area contributed by atoms with E-state index in [9.17, 15) is 13.2 Å². The van der Waals surface area contributed by atoms with Crippen molar-refractivity contribution in [1.29, 1.82) is 0 Å². The summed E-state index contributed by atoms with van der Waals surface area (Å²) in [5.74, 6) is 0.160. The van der Waals surface area contributed by atoms with Crippen LogP contribution in [0.1, 0.15) is 20.8 Å². The minimum Gasteiger partial charge on any atom is -0.494 e. The molecule has 0 aromatic heterocycles. The molecule has 0 heterocycles. The van der Waals surface area contributed by atoms with Gasteiger partial charge in [0, 0.05) is 13.0 Å². The fourth-order valence-corrected chi connectivity index (χ4v) is 2.02. The summed E-state index contributed by atoms with van der Waals surface area (Å²) < 4.78 is 31.0. The minimum atomic E-state index is -3.41. The maximum Gasteiger partial charge on any atom is 0.235 e. The smallest absolute Gasteiger partial charge is 0.235 e. The van der Waals surface area contributed by atoms with Gasteiger partial charge in [0.05, 0.1) is 23.7 Å². The number of hydrogen-bond donors (Lipinski definition) is 2. The molecular formula is C12H18N2O4S. The Morgan fingerprint density at radius 1 is 1.32 bits per heavy atom. The van der Waals surface area contributed by atoms with Gasteiger partial charge < -0.3 is 10.1 Å². The Hall–Kier alpha value is -1.76. The van der Waals surface area contributed by atoms with E-state index in [2.05, 4.69) is 10.0 Å². The normalized spacial score (nSPS) is 11.2. The molecule has 1 aromatic rings. The first-order valence-corrected chi connectivity index (χ1v) is 7.28. The molecule has 0 unspecified atom stereocenters. The van der Waals surface area contributed by atoms with Gasteiger partial charge in [0.2, 0.25) is 15.9 Å². The van der Waals surface area contributed by atoms with E-state index in [1.165, 1.54) is 20.1 Å². The highest BCUT2D eigenvalue weighted by Gasteiger charge is 2.16. The van der Waals surface area contributed by atoms with Gasteiger partial charge in [-0.1, -0.05) is 0 Å². The van der Waals surface area contributed by atoms with Gasteiger partial charge in [0.25, 0.3) is 0 Å². The number of sulfonamides is 1. The number of ether oxygens (including phenoxy) is 1. The lowest BCUT2D eigenvalue weighted by Crippen LogP contribution is -2.22. The molecule has 0 radical (unpaired) electrons. The van der Waals surface area contributed by atoms with Gasteiger partial charge in [-0.2, -0.15) is 0 Å². The molecule has 0 atom stereocenters. The van der Waals surface area contributed by atoms with Gasteiger partial charge in [-0.3, -0.25) is 9.52 Å². The van der Waals surface area contributed by atoms with Crippen molar-refractivity contribution in [2.75, 3.05) is 17.1 Å². The number of amides is 1. The van der Waals surface area contributed by atoms with Crippen molar-refractivity contribution in [2.45, 2.75) is 26.0 Å². The van der Waals surface area contributed by atoms with E-state index >= 15 is 0 Å². The van der Waals surface area contributed by atoms with Crippen molar-refractivity contribution >= 4 is 27.3 Å². The van der Waals surface area contributed by atoms with Crippen LogP contribution in [0.15, 0.2) is 18.2 Å². The van der Waals surface area contributed by atoms with E-state index < -0.39 is 15.3 Å². The average Bonchev–Trinajstić information content (AvgIpc) is 2.29. The first kappa shape index (κ1) is 15.3. The van der Waals surface area contributed by atoms with E-state index in [0.717, 1.165) is 0 Å². The molecule has 6 nitrogen and oxygen atoms in total. The molecule has 0 aliphatic heterocycles. The van der Waals surface area contributed by atoms with Gasteiger partial charge in [-0.05, 0) is 26.0 Å². The van der Waals surface area contributed by atoms with Gasteiger partial charge >= 0.3 is 0 Å². The third-order valence-electron chi connectivity index (χ3n) is 2.39. The molecule has 19 heavy (non-hydrogen) atoms. The summed E-state index contributed by atoms with van der Waals surface area (Å²) in [6.07, 6.45) is 0. The summed E-state index contributed by atoms with van der Waals surface area (Å²) in [7, 11) is -1.96. The highest BCUT2D eigenvalue weighted by atomic mass is 32.2. The molecule has 1 aromatic carbocycles. The van der Waals surface area contributed by atoms with Crippen LogP contribution in [0.2, 0.25) is 0 Å². The van der Waals surface area contributed by atoms with Crippen LogP contribution in [-0.2, 0) is 14.8 Å². The van der Waals surface area contributed by atoms with Crippen molar-refractivity contribution < 1.29 is 17.9 Å². The number of nitrogens with one attached hydrogen (secondary N) is 2. The number of hydrogen-bond acceptors (Lipinski definition) is 4. The second-order valence-electron chi connectivity index (χ2n) is 4.29. The van der Waals surface area contributed by atoms with Crippen LogP contribution >= 0.6 is 0 Å². The summed E-state index contributed by atoms with van der Waals surface area (Å²) in [6.45, 7) is 4.56. The fraction of sp³-hybridized carbons (Fsp3) is 0.417. The summed E-state index contributed by atoms with van der Waals surface area (Å²) in [5, 5.41) is 2.06. The number of carbonyl (C=O) groups is 1. The molecule has 7 heteroatoms. The van der Waals surface area contributed by atoms with Crippen LogP contribution in [0.5, 0.6) is 5.75 Å². The molecule has 0 saturated heterocycles. The van der Waals surface area contributed by atoms with Gasteiger partial charge in [0.15, 0.2) is 0 Å². The molecule has 0 aliphatic rings. The maximum absolute atomic E-state index is 11.7. The Bertz CT molecular complexity index is 567. The van der Waals surface area contributed by atoms with Crippen LogP contribution in [0.3, 0.4) is 0 Å². The van der Waals surface area contributed by atoms with E-state index in [-0.39, 0.29) is 5.91 Å². The zero-order chi connectivity index (χ0) is 14.6. The summed E-state index contributed by atoms with van der Waals surface area (Å²) in [5.41, 5.74) is 0.877. The third-order valence-corrected chi connectivity index (χ3v) is 4.15. The first-order valence-electron chi connectivity index (χ1n) is 5.73. The summed E-state index contributed by atoms with van der Waals surface area (Å²) >= 11 is 0. The first-order chi connectivity index (χ1) is 8.76. The number of methoxy groups -OCH3 is 1. The molecule has 0 saturated carbocycles. The molecule has 106 valence electrons. The Labute approximate surface area is 113 Å². The summed E-state index contributed by atoms with van der Waals surface area (Å²) in [4.78, 5) is 11.0. The zero-order valence-electron chi connectivity index (χ0n) is 11.4. The Morgan fingerprint density at radius 2 is 1.95 bits per heavy atom. The van der Waals surface area contributed by atoms with Gasteiger partial charge in [-0.15, -0.1) is 0 Å². The lowest BCUT2D eigenvalue weighted by Gasteiger charge is -2.14. The predicted molar refractivity (Wildman–Crippen MR) is 75.0 cm³/mol. The number of carbonyl (C=O) groups excluding carboxylic acids is 1. The minimum absolute atomic E-state index is 0.228. The van der Waals surface area contributed by atoms with Crippen LogP contribution < -0.4 is 14.8 Å². The lowest BCUT2D eigenvalue weighted by atomic mass is 10.2. The molecule has 2 N–H and O–H groups in total. The molecule has 1 rings (SSSR count). The van der Waals surface area contributed by atoms with Crippen molar-refractivity contribution in [1.82, 2.24) is 0 Å². The zero-order valence-corrected chi connectivity index (χ0v) is 12.2. The predicted octanol–water partition coefficient (Wildman–Crippen LogP) is 1.80. The molecule has 0 bridgehead atoms. The Kier molecular flexibility index (Phi) is 4.77. The molecular weight excluding hydrogens is 268 g/mol. The summed E-state index contributed by atoms with van der Waals surface area (Å²) in [6, 6.07) is 4.66. The van der Waals surface area contributed by atoms with Crippen molar-refractivity contribution in [3.8, 4) is 5.75 Å². The number of anilines is 2. The van der Waals surface area contributed by atoms with Crippen molar-refractivity contribution in [3.05, 3.63) is 18.2 Å². The number of rotatable bonds is 5. The molecule has 0 spiro atoms. The second-order valence-corrected chi connectivity index (χ2v) is 6.53. The highest BCUT2D eigenvalue weighted by molar-refractivity contribution is 7.93. The number of benzene rings is 1. The van der Waals surface area contributed by atoms with Gasteiger partial charge in [-0.25, -0.2) is 8.42 Å². The lowest BCUT2D eigenvalue weighted by molar-refractivity contribution is -0.114. The Morgan fingerprint density at radius 3 is 2.42 bits per heavy atom. The van der Waals surface area contributed by atoms with E-state index in [4.69, 9.17) is 4.74 Å². The third kappa shape index (κ3) is 4.13. The van der Waals surface area contributed by atoms with Gasteiger partial charge in [0.1, 0.15) is 5.75 Å². The quantitative estimate of drug-likeness (QED) is 0.864. The van der Waals surface area contributed by atoms with E-state index in [0.29, 0.717) is 17.1 Å². The largest absolute Gasteiger partial charge is 0.494 e. The average molecular weight is 286 g/mol. The fourth-order valence-electron chi connectivity index (χ4n) is 1.33.